The summed E-state index contributed by atoms with van der Waals surface area (Å²) in [7, 11) is -2.11. The number of hydrogen-bond acceptors (Lipinski definition) is 11. The van der Waals surface area contributed by atoms with E-state index in [1.165, 1.54) is 17.1 Å². The van der Waals surface area contributed by atoms with Crippen molar-refractivity contribution in [3.8, 4) is 34.4 Å². The lowest BCUT2D eigenvalue weighted by Gasteiger charge is -2.37. The molecule has 14 nitrogen and oxygen atoms in total. The van der Waals surface area contributed by atoms with Crippen molar-refractivity contribution in [1.82, 2.24) is 45.3 Å². The Kier molecular flexibility index (Phi) is 10.8. The highest BCUT2D eigenvalue weighted by atomic mass is 28.4. The molecular weight excluding hydrogens is 650 g/mol. The maximum absolute atomic E-state index is 15.2. The molecule has 0 saturated carbocycles. The fourth-order valence-corrected chi connectivity index (χ4v) is 5.82. The molecular formula is C33H46FN9O5Si. The Balaban J connectivity index is 1.24. The Labute approximate surface area is 286 Å². The van der Waals surface area contributed by atoms with E-state index in [0.717, 1.165) is 19.3 Å². The molecule has 0 aliphatic carbocycles. The van der Waals surface area contributed by atoms with Crippen molar-refractivity contribution >= 4 is 14.4 Å². The topological polar surface area (TPSA) is 153 Å². The average Bonchev–Trinajstić information content (AvgIpc) is 3.71. The average molecular weight is 696 g/mol. The van der Waals surface area contributed by atoms with E-state index < -0.39 is 31.9 Å². The van der Waals surface area contributed by atoms with Gasteiger partial charge in [-0.25, -0.2) is 23.8 Å². The molecule has 16 heteroatoms. The summed E-state index contributed by atoms with van der Waals surface area (Å²) in [5.41, 5.74) is 1.05. The predicted octanol–water partition coefficient (Wildman–Crippen LogP) is 6.54. The summed E-state index contributed by atoms with van der Waals surface area (Å²) in [5, 5.41) is 20.0. The number of nitrogens with zero attached hydrogens (tertiary/aromatic N) is 8. The first kappa shape index (κ1) is 36.0. The lowest BCUT2D eigenvalue weighted by atomic mass is 10.1. The Hall–Kier alpha value is -4.28. The summed E-state index contributed by atoms with van der Waals surface area (Å²) in [6.07, 6.45) is 6.81. The third-order valence-electron chi connectivity index (χ3n) is 8.39. The van der Waals surface area contributed by atoms with Gasteiger partial charge in [-0.3, -0.25) is 0 Å². The van der Waals surface area contributed by atoms with E-state index in [1.807, 2.05) is 6.07 Å². The number of pyridine rings is 2. The maximum atomic E-state index is 15.2. The van der Waals surface area contributed by atoms with Crippen LogP contribution in [0.25, 0.3) is 22.8 Å². The lowest BCUT2D eigenvalue weighted by molar-refractivity contribution is -0.0383. The van der Waals surface area contributed by atoms with Crippen LogP contribution >= 0.6 is 0 Å². The molecule has 2 unspecified atom stereocenters. The van der Waals surface area contributed by atoms with Crippen molar-refractivity contribution in [2.45, 2.75) is 103 Å². The number of amides is 1. The van der Waals surface area contributed by atoms with E-state index >= 15 is 4.39 Å². The number of carbonyl (C=O) groups is 1. The second-order valence-corrected chi connectivity index (χ2v) is 19.4. The summed E-state index contributed by atoms with van der Waals surface area (Å²) in [4.78, 5) is 22.6. The van der Waals surface area contributed by atoms with Gasteiger partial charge >= 0.3 is 6.09 Å². The second kappa shape index (κ2) is 14.7. The molecule has 0 radical (unpaired) electrons. The van der Waals surface area contributed by atoms with Crippen molar-refractivity contribution in [1.29, 1.82) is 0 Å². The molecule has 49 heavy (non-hydrogen) atoms. The van der Waals surface area contributed by atoms with Gasteiger partial charge in [-0.05, 0) is 87.6 Å². The smallest absolute Gasteiger partial charge is 0.408 e. The highest BCUT2D eigenvalue weighted by molar-refractivity contribution is 6.74. The minimum Gasteiger partial charge on any atom is -0.444 e. The number of rotatable bonds is 11. The van der Waals surface area contributed by atoms with Crippen molar-refractivity contribution in [2.75, 3.05) is 13.2 Å². The number of hydrogen-bond donors (Lipinski definition) is 1. The molecule has 5 rings (SSSR count). The zero-order chi connectivity index (χ0) is 35.4. The quantitative estimate of drug-likeness (QED) is 0.170. The minimum atomic E-state index is -2.11. The van der Waals surface area contributed by atoms with Gasteiger partial charge in [0.15, 0.2) is 20.4 Å². The van der Waals surface area contributed by atoms with E-state index in [-0.39, 0.29) is 41.9 Å². The third-order valence-corrected chi connectivity index (χ3v) is 12.9. The zero-order valence-electron chi connectivity index (χ0n) is 29.4. The van der Waals surface area contributed by atoms with E-state index in [0.29, 0.717) is 23.6 Å². The number of tetrazole rings is 1. The van der Waals surface area contributed by atoms with Gasteiger partial charge in [-0.15, -0.1) is 10.2 Å². The minimum absolute atomic E-state index is 0.0103. The van der Waals surface area contributed by atoms with Crippen LogP contribution in [-0.2, 0) is 20.4 Å². The standard InChI is InChI=1S/C33H46FN9O5Si/c1-32(2,3)48-31(44)38-23(21-46-49(7,8)33(4,5)6)20-42-40-29(39-41-42)26-13-12-24(19-35-26)47-30-25(34)17-22(18-36-30)27-14-15-37-43(27)28-11-9-10-16-45-28/h12-15,17-19,23,28H,9-11,16,20-21H2,1-8H3,(H,38,44). The SMILES string of the molecule is CC(C)(C)OC(=O)NC(CO[Si](C)(C)C(C)(C)C)Cn1nnc(-c2ccc(Oc3ncc(-c4ccnn4C4CCCCO4)cc3F)cn2)n1. The first-order chi connectivity index (χ1) is 23.1. The van der Waals surface area contributed by atoms with Crippen LogP contribution in [-0.4, -0.2) is 79.2 Å². The van der Waals surface area contributed by atoms with E-state index in [1.54, 1.807) is 50.0 Å². The van der Waals surface area contributed by atoms with E-state index in [4.69, 9.17) is 18.6 Å². The Morgan fingerprint density at radius 1 is 1.12 bits per heavy atom. The van der Waals surface area contributed by atoms with Gasteiger partial charge < -0.3 is 24.0 Å². The monoisotopic (exact) mass is 695 g/mol. The Morgan fingerprint density at radius 2 is 1.92 bits per heavy atom. The van der Waals surface area contributed by atoms with Crippen LogP contribution in [0.3, 0.4) is 0 Å². The maximum Gasteiger partial charge on any atom is 0.408 e. The van der Waals surface area contributed by atoms with Gasteiger partial charge in [-0.1, -0.05) is 20.8 Å². The molecule has 1 amide bonds. The molecule has 1 N–H and O–H groups in total. The van der Waals surface area contributed by atoms with E-state index in [9.17, 15) is 4.79 Å². The molecule has 4 aromatic heterocycles. The predicted molar refractivity (Wildman–Crippen MR) is 182 cm³/mol. The largest absolute Gasteiger partial charge is 0.444 e. The fraction of sp³-hybridized carbons (Fsp3) is 0.545. The van der Waals surface area contributed by atoms with Crippen LogP contribution in [0.15, 0.2) is 42.9 Å². The molecule has 0 bridgehead atoms. The number of carbonyl (C=O) groups excluding carboxylic acids is 1. The number of halogens is 1. The molecule has 264 valence electrons. The highest BCUT2D eigenvalue weighted by Crippen LogP contribution is 2.36. The summed E-state index contributed by atoms with van der Waals surface area (Å²) in [6.45, 7) is 17.3. The number of ether oxygens (including phenoxy) is 3. The number of nitrogens with one attached hydrogen (secondary N) is 1. The summed E-state index contributed by atoms with van der Waals surface area (Å²) in [6, 6.07) is 5.95. The normalized spacial score (nSPS) is 16.3. The van der Waals surface area contributed by atoms with Gasteiger partial charge in [0.05, 0.1) is 31.1 Å². The molecule has 4 aromatic rings. The Morgan fingerprint density at radius 3 is 2.57 bits per heavy atom. The van der Waals surface area contributed by atoms with Gasteiger partial charge in [0.2, 0.25) is 5.82 Å². The van der Waals surface area contributed by atoms with Gasteiger partial charge in [0, 0.05) is 24.6 Å². The van der Waals surface area contributed by atoms with E-state index in [2.05, 4.69) is 69.7 Å². The number of alkyl carbamates (subject to hydrolysis) is 1. The lowest BCUT2D eigenvalue weighted by Crippen LogP contribution is -2.48. The fourth-order valence-electron chi connectivity index (χ4n) is 4.77. The summed E-state index contributed by atoms with van der Waals surface area (Å²) < 4.78 is 40.3. The molecule has 1 saturated heterocycles. The van der Waals surface area contributed by atoms with Gasteiger partial charge in [0.25, 0.3) is 5.88 Å². The molecule has 1 aliphatic heterocycles. The van der Waals surface area contributed by atoms with Crippen molar-refractivity contribution in [3.63, 3.8) is 0 Å². The zero-order valence-corrected chi connectivity index (χ0v) is 30.4. The Bertz CT molecular complexity index is 1710. The van der Waals surface area contributed by atoms with Crippen molar-refractivity contribution in [2.24, 2.45) is 0 Å². The van der Waals surface area contributed by atoms with Crippen LogP contribution in [0.1, 0.15) is 67.0 Å². The molecule has 2 atom stereocenters. The van der Waals surface area contributed by atoms with Gasteiger partial charge in [-0.2, -0.15) is 9.90 Å². The molecule has 5 heterocycles. The molecule has 0 spiro atoms. The molecule has 1 aliphatic rings. The van der Waals surface area contributed by atoms with Gasteiger partial charge in [0.1, 0.15) is 17.0 Å². The highest BCUT2D eigenvalue weighted by Gasteiger charge is 2.38. The second-order valence-electron chi connectivity index (χ2n) is 14.6. The van der Waals surface area contributed by atoms with Crippen LogP contribution in [0.2, 0.25) is 18.1 Å². The first-order valence-electron chi connectivity index (χ1n) is 16.4. The van der Waals surface area contributed by atoms with Crippen LogP contribution in [0.4, 0.5) is 9.18 Å². The van der Waals surface area contributed by atoms with Crippen LogP contribution in [0, 0.1) is 5.82 Å². The van der Waals surface area contributed by atoms with Crippen molar-refractivity contribution < 1.29 is 27.8 Å². The van der Waals surface area contributed by atoms with Crippen LogP contribution < -0.4 is 10.1 Å². The molecule has 1 fully saturated rings. The molecule has 0 aromatic carbocycles. The van der Waals surface area contributed by atoms with Crippen molar-refractivity contribution in [3.05, 3.63) is 48.7 Å². The summed E-state index contributed by atoms with van der Waals surface area (Å²) >= 11 is 0. The summed E-state index contributed by atoms with van der Waals surface area (Å²) in [5.74, 6) is -0.276. The van der Waals surface area contributed by atoms with Crippen LogP contribution in [0.5, 0.6) is 11.6 Å². The first-order valence-corrected chi connectivity index (χ1v) is 19.4. The third kappa shape index (κ3) is 9.45. The number of aromatic nitrogens is 8.